The van der Waals surface area contributed by atoms with Crippen LogP contribution in [0.1, 0.15) is 6.42 Å². The van der Waals surface area contributed by atoms with E-state index in [1.807, 2.05) is 0 Å². The number of diazo groups is 2. The van der Waals surface area contributed by atoms with Crippen LogP contribution in [0.25, 0.3) is 9.95 Å². The van der Waals surface area contributed by atoms with Crippen molar-refractivity contribution in [1.82, 2.24) is 0 Å². The van der Waals surface area contributed by atoms with E-state index >= 15 is 0 Å². The van der Waals surface area contributed by atoms with Gasteiger partial charge in [0, 0.05) is 30.7 Å². The fourth-order valence-corrected chi connectivity index (χ4v) is 1.66. The molecule has 0 saturated carbocycles. The van der Waals surface area contributed by atoms with Crippen LogP contribution >= 0.6 is 0 Å². The summed E-state index contributed by atoms with van der Waals surface area (Å²) >= 11 is 0. The number of nitrogens with zero attached hydrogens (tertiary/aromatic N) is 4. The Labute approximate surface area is 146 Å². The molecular formula is C15H14Cl2N4O2. The Bertz CT molecular complexity index is 604. The normalized spacial score (nSPS) is 8.61. The van der Waals surface area contributed by atoms with Crippen LogP contribution in [-0.4, -0.2) is 13.2 Å². The first-order chi connectivity index (χ1) is 10.3. The summed E-state index contributed by atoms with van der Waals surface area (Å²) in [6, 6.07) is 13.6. The van der Waals surface area contributed by atoms with Crippen LogP contribution in [0.5, 0.6) is 11.5 Å². The molecule has 0 saturated heterocycles. The van der Waals surface area contributed by atoms with Gasteiger partial charge in [-0.2, -0.15) is 0 Å². The zero-order chi connectivity index (χ0) is 14.9. The molecule has 0 bridgehead atoms. The molecule has 0 radical (unpaired) electrons. The van der Waals surface area contributed by atoms with E-state index in [0.717, 1.165) is 17.9 Å². The summed E-state index contributed by atoms with van der Waals surface area (Å²) in [4.78, 5) is 6.14. The van der Waals surface area contributed by atoms with E-state index in [0.29, 0.717) is 24.6 Å². The molecule has 0 aromatic heterocycles. The van der Waals surface area contributed by atoms with E-state index in [1.165, 1.54) is 0 Å². The van der Waals surface area contributed by atoms with Crippen LogP contribution in [0.3, 0.4) is 0 Å². The molecule has 2 rings (SSSR count). The van der Waals surface area contributed by atoms with Crippen molar-refractivity contribution in [3.8, 4) is 11.5 Å². The van der Waals surface area contributed by atoms with Crippen LogP contribution in [0.2, 0.25) is 0 Å². The Hall–Kier alpha value is -2.54. The molecule has 6 nitrogen and oxygen atoms in total. The second-order valence-corrected chi connectivity index (χ2v) is 4.24. The molecule has 0 aliphatic heterocycles. The van der Waals surface area contributed by atoms with Gasteiger partial charge >= 0.3 is 11.4 Å². The lowest BCUT2D eigenvalue weighted by molar-refractivity contribution is -0.001000. The smallest absolute Gasteiger partial charge is 0.385 e. The molecule has 0 amide bonds. The van der Waals surface area contributed by atoms with Crippen molar-refractivity contribution in [3.05, 3.63) is 58.5 Å². The molecule has 0 fully saturated rings. The van der Waals surface area contributed by atoms with Gasteiger partial charge in [-0.3, -0.25) is 0 Å². The fourth-order valence-electron chi connectivity index (χ4n) is 1.66. The van der Waals surface area contributed by atoms with Gasteiger partial charge in [0.25, 0.3) is 0 Å². The van der Waals surface area contributed by atoms with Crippen molar-refractivity contribution >= 4 is 11.4 Å². The van der Waals surface area contributed by atoms with Crippen molar-refractivity contribution < 1.29 is 34.3 Å². The van der Waals surface area contributed by atoms with Crippen molar-refractivity contribution in [2.24, 2.45) is 0 Å². The molecule has 0 N–H and O–H groups in total. The SMILES string of the molecule is N#[N+]c1ccc(OCCCOc2ccc([N+]#N)cc2)cc1.[Cl-].[Cl-]. The Morgan fingerprint density at radius 1 is 0.652 bits per heavy atom. The van der Waals surface area contributed by atoms with Gasteiger partial charge in [-0.25, -0.2) is 0 Å². The van der Waals surface area contributed by atoms with Gasteiger partial charge in [-0.05, 0) is 24.3 Å². The summed E-state index contributed by atoms with van der Waals surface area (Å²) in [6.45, 7) is 1.05. The Morgan fingerprint density at radius 2 is 1.00 bits per heavy atom. The first-order valence-electron chi connectivity index (χ1n) is 6.48. The highest BCUT2D eigenvalue weighted by Gasteiger charge is 2.04. The zero-order valence-corrected chi connectivity index (χ0v) is 13.6. The molecule has 2 aromatic carbocycles. The topological polar surface area (TPSA) is 74.8 Å². The Balaban J connectivity index is 0.00000242. The number of benzene rings is 2. The van der Waals surface area contributed by atoms with Crippen LogP contribution in [0.15, 0.2) is 48.5 Å². The highest BCUT2D eigenvalue weighted by Crippen LogP contribution is 2.19. The Kier molecular flexibility index (Phi) is 9.86. The molecule has 23 heavy (non-hydrogen) atoms. The maximum atomic E-state index is 8.56. The summed E-state index contributed by atoms with van der Waals surface area (Å²) in [5.74, 6) is 1.44. The van der Waals surface area contributed by atoms with Gasteiger partial charge in [0.2, 0.25) is 10.8 Å². The van der Waals surface area contributed by atoms with Crippen molar-refractivity contribution in [3.63, 3.8) is 0 Å². The van der Waals surface area contributed by atoms with Gasteiger partial charge in [-0.1, -0.05) is 0 Å². The summed E-state index contributed by atoms with van der Waals surface area (Å²) < 4.78 is 11.1. The third-order valence-electron chi connectivity index (χ3n) is 2.73. The van der Waals surface area contributed by atoms with Gasteiger partial charge < -0.3 is 34.3 Å². The highest BCUT2D eigenvalue weighted by molar-refractivity contribution is 5.47. The first-order valence-corrected chi connectivity index (χ1v) is 6.48. The lowest BCUT2D eigenvalue weighted by atomic mass is 10.3. The minimum absolute atomic E-state index is 0. The molecule has 0 unspecified atom stereocenters. The molecule has 0 atom stereocenters. The summed E-state index contributed by atoms with van der Waals surface area (Å²) in [5.41, 5.74) is 0.979. The molecule has 2 aromatic rings. The quantitative estimate of drug-likeness (QED) is 0.469. The number of ether oxygens (including phenoxy) is 2. The predicted molar refractivity (Wildman–Crippen MR) is 78.0 cm³/mol. The zero-order valence-electron chi connectivity index (χ0n) is 12.1. The summed E-state index contributed by atoms with van der Waals surface area (Å²) in [6.07, 6.45) is 0.734. The third-order valence-corrected chi connectivity index (χ3v) is 2.73. The van der Waals surface area contributed by atoms with E-state index < -0.39 is 0 Å². The molecule has 8 heteroatoms. The second kappa shape index (κ2) is 11.1. The Morgan fingerprint density at radius 3 is 1.30 bits per heavy atom. The number of hydrogen-bond donors (Lipinski definition) is 0. The van der Waals surface area contributed by atoms with E-state index in [9.17, 15) is 0 Å². The third kappa shape index (κ3) is 6.84. The van der Waals surface area contributed by atoms with E-state index in [4.69, 9.17) is 20.3 Å². The van der Waals surface area contributed by atoms with Gasteiger partial charge in [0.1, 0.15) is 11.5 Å². The average molecular weight is 353 g/mol. The number of hydrogen-bond acceptors (Lipinski definition) is 4. The molecule has 0 aliphatic rings. The maximum Gasteiger partial charge on any atom is 0.385 e. The predicted octanol–water partition coefficient (Wildman–Crippen LogP) is -1.49. The van der Waals surface area contributed by atoms with Crippen molar-refractivity contribution in [1.29, 1.82) is 10.8 Å². The standard InChI is InChI=1S/C15H14N4O2.2ClH/c16-18-12-2-6-14(7-3-12)20-10-1-11-21-15-8-4-13(19-17)5-9-15;;/h2-9H,1,10-11H2;2*1H/q+2;;/p-2. The second-order valence-electron chi connectivity index (χ2n) is 4.24. The fraction of sp³-hybridized carbons (Fsp3) is 0.200. The van der Waals surface area contributed by atoms with Crippen LogP contribution in [0, 0.1) is 10.8 Å². The van der Waals surface area contributed by atoms with Crippen LogP contribution in [0.4, 0.5) is 11.4 Å². The average Bonchev–Trinajstić information content (AvgIpc) is 2.55. The number of halogens is 2. The summed E-state index contributed by atoms with van der Waals surface area (Å²) in [7, 11) is 0. The van der Waals surface area contributed by atoms with E-state index in [-0.39, 0.29) is 24.8 Å². The molecule has 0 spiro atoms. The number of rotatable bonds is 6. The summed E-state index contributed by atoms with van der Waals surface area (Å²) in [5, 5.41) is 17.1. The van der Waals surface area contributed by atoms with E-state index in [2.05, 4.69) is 9.95 Å². The minimum atomic E-state index is 0. The van der Waals surface area contributed by atoms with Gasteiger partial charge in [0.15, 0.2) is 9.95 Å². The van der Waals surface area contributed by atoms with Crippen molar-refractivity contribution in [2.45, 2.75) is 6.42 Å². The van der Waals surface area contributed by atoms with Gasteiger partial charge in [0.05, 0.1) is 13.2 Å². The van der Waals surface area contributed by atoms with Crippen LogP contribution < -0.4 is 34.3 Å². The monoisotopic (exact) mass is 352 g/mol. The molecular weight excluding hydrogens is 339 g/mol. The minimum Gasteiger partial charge on any atom is -1.00 e. The molecule has 120 valence electrons. The van der Waals surface area contributed by atoms with Gasteiger partial charge in [-0.15, -0.1) is 0 Å². The molecule has 0 heterocycles. The lowest BCUT2D eigenvalue weighted by Gasteiger charge is -2.07. The highest BCUT2D eigenvalue weighted by atomic mass is 35.5. The van der Waals surface area contributed by atoms with Crippen LogP contribution in [-0.2, 0) is 0 Å². The maximum absolute atomic E-state index is 8.56. The van der Waals surface area contributed by atoms with Crippen molar-refractivity contribution in [2.75, 3.05) is 13.2 Å². The van der Waals surface area contributed by atoms with E-state index in [1.54, 1.807) is 48.5 Å². The first kappa shape index (κ1) is 20.5. The molecule has 0 aliphatic carbocycles. The largest absolute Gasteiger partial charge is 1.00 e. The lowest BCUT2D eigenvalue weighted by Crippen LogP contribution is -3.00.